The van der Waals surface area contributed by atoms with Crippen molar-refractivity contribution in [3.63, 3.8) is 0 Å². The van der Waals surface area contributed by atoms with Gasteiger partial charge in [0.25, 0.3) is 0 Å². The monoisotopic (exact) mass is 434 g/mol. The Bertz CT molecular complexity index is 1020. The summed E-state index contributed by atoms with van der Waals surface area (Å²) in [5.74, 6) is -0.0326. The van der Waals surface area contributed by atoms with E-state index in [1.54, 1.807) is 4.90 Å². The zero-order valence-corrected chi connectivity index (χ0v) is 18.4. The summed E-state index contributed by atoms with van der Waals surface area (Å²) in [5, 5.41) is 2.12. The van der Waals surface area contributed by atoms with Gasteiger partial charge in [-0.1, -0.05) is 36.4 Å². The fraction of sp³-hybridized carbons (Fsp3) is 0.480. The van der Waals surface area contributed by atoms with Crippen molar-refractivity contribution >= 4 is 34.2 Å². The molecule has 7 heteroatoms. The van der Waals surface area contributed by atoms with Crippen LogP contribution in [0.3, 0.4) is 0 Å². The number of hydrogen-bond donors (Lipinski definition) is 0. The number of nitrogens with zero attached hydrogens (tertiary/aromatic N) is 4. The molecule has 32 heavy (non-hydrogen) atoms. The third-order valence-corrected chi connectivity index (χ3v) is 7.03. The fourth-order valence-corrected chi connectivity index (χ4v) is 5.19. The van der Waals surface area contributed by atoms with Gasteiger partial charge in [-0.25, -0.2) is 0 Å². The number of hydrogen-bond acceptors (Lipinski definition) is 4. The van der Waals surface area contributed by atoms with Crippen LogP contribution in [0, 0.1) is 5.92 Å². The van der Waals surface area contributed by atoms with Gasteiger partial charge in [0.15, 0.2) is 0 Å². The summed E-state index contributed by atoms with van der Waals surface area (Å²) in [7, 11) is 0. The van der Waals surface area contributed by atoms with Gasteiger partial charge in [-0.15, -0.1) is 0 Å². The molecule has 0 radical (unpaired) electrons. The van der Waals surface area contributed by atoms with Crippen LogP contribution >= 0.6 is 0 Å². The van der Waals surface area contributed by atoms with Crippen molar-refractivity contribution in [2.75, 3.05) is 57.3 Å². The molecule has 7 nitrogen and oxygen atoms in total. The number of benzene rings is 2. The molecule has 3 amide bonds. The molecule has 0 aromatic heterocycles. The molecule has 1 unspecified atom stereocenters. The Labute approximate surface area is 188 Å². The first-order valence-electron chi connectivity index (χ1n) is 11.7. The molecule has 0 aliphatic carbocycles. The van der Waals surface area contributed by atoms with Crippen LogP contribution in [0.15, 0.2) is 42.5 Å². The molecule has 3 aliphatic heterocycles. The van der Waals surface area contributed by atoms with Gasteiger partial charge in [-0.05, 0) is 24.3 Å². The summed E-state index contributed by atoms with van der Waals surface area (Å²) in [6, 6.07) is 14.0. The van der Waals surface area contributed by atoms with Crippen LogP contribution < -0.4 is 4.90 Å². The van der Waals surface area contributed by atoms with Crippen LogP contribution in [0.5, 0.6) is 0 Å². The third kappa shape index (κ3) is 4.09. The second-order valence-corrected chi connectivity index (χ2v) is 9.09. The van der Waals surface area contributed by atoms with Gasteiger partial charge in [0.1, 0.15) is 0 Å². The number of rotatable bonds is 4. The molecule has 168 valence electrons. The maximum absolute atomic E-state index is 13.2. The van der Waals surface area contributed by atoms with E-state index in [1.807, 2.05) is 52.3 Å². The Hall–Kier alpha value is -2.93. The molecular formula is C25H30N4O3. The average molecular weight is 435 g/mol. The van der Waals surface area contributed by atoms with E-state index >= 15 is 0 Å². The molecule has 0 spiro atoms. The second kappa shape index (κ2) is 8.90. The number of likely N-dealkylation sites (tertiary alicyclic amines) is 1. The number of piperazine rings is 1. The normalized spacial score (nSPS) is 22.2. The van der Waals surface area contributed by atoms with Crippen LogP contribution in [-0.2, 0) is 14.4 Å². The van der Waals surface area contributed by atoms with E-state index in [9.17, 15) is 14.4 Å². The quantitative estimate of drug-likeness (QED) is 0.738. The summed E-state index contributed by atoms with van der Waals surface area (Å²) in [5.41, 5.74) is 0.883. The summed E-state index contributed by atoms with van der Waals surface area (Å²) in [6.07, 6.45) is 2.46. The second-order valence-electron chi connectivity index (χ2n) is 9.09. The number of anilines is 1. The highest BCUT2D eigenvalue weighted by Crippen LogP contribution is 2.32. The zero-order chi connectivity index (χ0) is 22.1. The Kier molecular flexibility index (Phi) is 5.83. The highest BCUT2D eigenvalue weighted by molar-refractivity contribution is 6.07. The standard InChI is InChI=1S/C25H30N4O3/c30-23-16-20(17-29(23)22-9-5-7-19-6-1-2-8-21(19)22)25(32)28-14-12-26(13-15-28)18-24(31)27-10-3-4-11-27/h1-2,5-9,20H,3-4,10-18H2. The van der Waals surface area contributed by atoms with Gasteiger partial charge in [0.05, 0.1) is 18.2 Å². The Morgan fingerprint density at radius 3 is 2.34 bits per heavy atom. The van der Waals surface area contributed by atoms with Crippen molar-refractivity contribution < 1.29 is 14.4 Å². The average Bonchev–Trinajstić information content (AvgIpc) is 3.49. The van der Waals surface area contributed by atoms with Crippen LogP contribution in [0.4, 0.5) is 5.69 Å². The number of amides is 3. The first-order valence-corrected chi connectivity index (χ1v) is 11.7. The lowest BCUT2D eigenvalue weighted by molar-refractivity contribution is -0.138. The minimum atomic E-state index is -0.306. The van der Waals surface area contributed by atoms with Gasteiger partial charge in [0.2, 0.25) is 17.7 Å². The Morgan fingerprint density at radius 2 is 1.56 bits per heavy atom. The van der Waals surface area contributed by atoms with Gasteiger partial charge in [0, 0.05) is 57.6 Å². The minimum absolute atomic E-state index is 0.00884. The lowest BCUT2D eigenvalue weighted by Crippen LogP contribution is -2.52. The van der Waals surface area contributed by atoms with E-state index in [1.165, 1.54) is 0 Å². The first-order chi connectivity index (χ1) is 15.6. The largest absolute Gasteiger partial charge is 0.342 e. The lowest BCUT2D eigenvalue weighted by atomic mass is 10.1. The first kappa shape index (κ1) is 20.9. The van der Waals surface area contributed by atoms with Crippen LogP contribution in [0.1, 0.15) is 19.3 Å². The van der Waals surface area contributed by atoms with E-state index in [2.05, 4.69) is 4.90 Å². The molecule has 3 heterocycles. The number of fused-ring (bicyclic) bond motifs is 1. The SMILES string of the molecule is O=C(CN1CCN(C(=O)C2CC(=O)N(c3cccc4ccccc34)C2)CC1)N1CCCC1. The smallest absolute Gasteiger partial charge is 0.236 e. The fourth-order valence-electron chi connectivity index (χ4n) is 5.19. The van der Waals surface area contributed by atoms with Crippen LogP contribution in [0.2, 0.25) is 0 Å². The molecular weight excluding hydrogens is 404 g/mol. The van der Waals surface area contributed by atoms with Crippen LogP contribution in [0.25, 0.3) is 10.8 Å². The highest BCUT2D eigenvalue weighted by atomic mass is 16.2. The van der Waals surface area contributed by atoms with Gasteiger partial charge in [-0.2, -0.15) is 0 Å². The molecule has 2 aromatic carbocycles. The van der Waals surface area contributed by atoms with Crippen molar-refractivity contribution in [2.24, 2.45) is 5.92 Å². The molecule has 0 bridgehead atoms. The summed E-state index contributed by atoms with van der Waals surface area (Å²) < 4.78 is 0. The van der Waals surface area contributed by atoms with E-state index in [-0.39, 0.29) is 30.1 Å². The number of carbonyl (C=O) groups excluding carboxylic acids is 3. The van der Waals surface area contributed by atoms with E-state index in [4.69, 9.17) is 0 Å². The highest BCUT2D eigenvalue weighted by Gasteiger charge is 2.38. The Morgan fingerprint density at radius 1 is 0.844 bits per heavy atom. The molecule has 0 saturated carbocycles. The summed E-state index contributed by atoms with van der Waals surface area (Å²) >= 11 is 0. The van der Waals surface area contributed by atoms with E-state index in [0.717, 1.165) is 42.4 Å². The topological polar surface area (TPSA) is 64.2 Å². The van der Waals surface area contributed by atoms with Crippen molar-refractivity contribution in [2.45, 2.75) is 19.3 Å². The molecule has 1 atom stereocenters. The van der Waals surface area contributed by atoms with E-state index < -0.39 is 0 Å². The molecule has 3 saturated heterocycles. The predicted octanol–water partition coefficient (Wildman–Crippen LogP) is 1.96. The summed E-state index contributed by atoms with van der Waals surface area (Å²) in [4.78, 5) is 46.1. The Balaban J connectivity index is 1.19. The minimum Gasteiger partial charge on any atom is -0.342 e. The van der Waals surface area contributed by atoms with Gasteiger partial charge in [-0.3, -0.25) is 19.3 Å². The lowest BCUT2D eigenvalue weighted by Gasteiger charge is -2.36. The number of carbonyl (C=O) groups is 3. The third-order valence-electron chi connectivity index (χ3n) is 7.03. The zero-order valence-electron chi connectivity index (χ0n) is 18.4. The molecule has 2 aromatic rings. The maximum atomic E-state index is 13.2. The van der Waals surface area contributed by atoms with Crippen molar-refractivity contribution in [1.29, 1.82) is 0 Å². The maximum Gasteiger partial charge on any atom is 0.236 e. The molecule has 0 N–H and O–H groups in total. The van der Waals surface area contributed by atoms with Gasteiger partial charge >= 0.3 is 0 Å². The van der Waals surface area contributed by atoms with Gasteiger partial charge < -0.3 is 14.7 Å². The molecule has 3 fully saturated rings. The summed E-state index contributed by atoms with van der Waals surface area (Å²) in [6.45, 7) is 5.27. The van der Waals surface area contributed by atoms with E-state index in [0.29, 0.717) is 39.3 Å². The van der Waals surface area contributed by atoms with Crippen molar-refractivity contribution in [3.8, 4) is 0 Å². The van der Waals surface area contributed by atoms with Crippen molar-refractivity contribution in [1.82, 2.24) is 14.7 Å². The van der Waals surface area contributed by atoms with Crippen molar-refractivity contribution in [3.05, 3.63) is 42.5 Å². The molecule has 3 aliphatic rings. The predicted molar refractivity (Wildman–Crippen MR) is 123 cm³/mol. The van der Waals surface area contributed by atoms with Crippen LogP contribution in [-0.4, -0.2) is 84.8 Å². The molecule has 5 rings (SSSR count).